The lowest BCUT2D eigenvalue weighted by Crippen LogP contribution is -2.38. The molecule has 0 aliphatic carbocycles. The number of nitrogens with zero attached hydrogens (tertiary/aromatic N) is 3. The number of benzene rings is 1. The van der Waals surface area contributed by atoms with Crippen LogP contribution >= 0.6 is 11.8 Å². The van der Waals surface area contributed by atoms with Gasteiger partial charge in [-0.2, -0.15) is 13.2 Å². The highest BCUT2D eigenvalue weighted by Crippen LogP contribution is 2.31. The number of thioether (sulfide) groups is 1. The van der Waals surface area contributed by atoms with Gasteiger partial charge >= 0.3 is 6.18 Å². The van der Waals surface area contributed by atoms with Crippen LogP contribution in [0.1, 0.15) is 12.7 Å². The summed E-state index contributed by atoms with van der Waals surface area (Å²) in [6, 6.07) is 11.0. The fourth-order valence-electron chi connectivity index (χ4n) is 2.49. The fourth-order valence-corrected chi connectivity index (χ4v) is 3.38. The molecule has 0 bridgehead atoms. The van der Waals surface area contributed by atoms with Crippen LogP contribution in [0.2, 0.25) is 0 Å². The summed E-state index contributed by atoms with van der Waals surface area (Å²) in [7, 11) is 0. The van der Waals surface area contributed by atoms with Gasteiger partial charge in [-0.15, -0.1) is 10.2 Å². The predicted octanol–water partition coefficient (Wildman–Crippen LogP) is 3.99. The summed E-state index contributed by atoms with van der Waals surface area (Å²) >= 11 is 1.03. The van der Waals surface area contributed by atoms with Crippen molar-refractivity contribution in [3.63, 3.8) is 0 Å². The molecule has 0 saturated carbocycles. The number of aromatic nitrogens is 3. The van der Waals surface area contributed by atoms with Gasteiger partial charge < -0.3 is 9.73 Å². The zero-order valence-electron chi connectivity index (χ0n) is 15.0. The highest BCUT2D eigenvalue weighted by molar-refractivity contribution is 8.00. The van der Waals surface area contributed by atoms with Crippen molar-refractivity contribution >= 4 is 17.7 Å². The van der Waals surface area contributed by atoms with Gasteiger partial charge in [-0.05, 0) is 32.0 Å². The minimum atomic E-state index is -4.46. The lowest BCUT2D eigenvalue weighted by atomic mass is 10.2. The van der Waals surface area contributed by atoms with E-state index in [2.05, 4.69) is 10.2 Å². The molecule has 0 aliphatic rings. The number of halogens is 3. The molecule has 0 radical (unpaired) electrons. The Bertz CT molecular complexity index is 953. The van der Waals surface area contributed by atoms with Crippen LogP contribution in [0.3, 0.4) is 0 Å². The van der Waals surface area contributed by atoms with Crippen molar-refractivity contribution in [1.29, 1.82) is 0 Å². The van der Waals surface area contributed by atoms with E-state index in [1.807, 2.05) is 35.6 Å². The maximum Gasteiger partial charge on any atom is 0.405 e. The van der Waals surface area contributed by atoms with E-state index in [4.69, 9.17) is 4.42 Å². The van der Waals surface area contributed by atoms with E-state index < -0.39 is 23.9 Å². The maximum absolute atomic E-state index is 12.3. The summed E-state index contributed by atoms with van der Waals surface area (Å²) in [5.41, 5.74) is 1.49. The number of alkyl halides is 3. The van der Waals surface area contributed by atoms with Crippen molar-refractivity contribution in [2.24, 2.45) is 0 Å². The maximum atomic E-state index is 12.3. The zero-order chi connectivity index (χ0) is 20.3. The average Bonchev–Trinajstić information content (AvgIpc) is 3.25. The van der Waals surface area contributed by atoms with Crippen molar-refractivity contribution in [1.82, 2.24) is 20.1 Å². The zero-order valence-corrected chi connectivity index (χ0v) is 15.8. The van der Waals surface area contributed by atoms with Gasteiger partial charge in [0.2, 0.25) is 5.91 Å². The van der Waals surface area contributed by atoms with E-state index in [1.165, 1.54) is 13.2 Å². The number of amides is 1. The van der Waals surface area contributed by atoms with Crippen molar-refractivity contribution in [2.75, 3.05) is 6.54 Å². The summed E-state index contributed by atoms with van der Waals surface area (Å²) in [6.07, 6.45) is -2.93. The Morgan fingerprint density at radius 1 is 1.25 bits per heavy atom. The molecule has 0 saturated heterocycles. The smallest absolute Gasteiger partial charge is 0.405 e. The number of hydrogen-bond donors (Lipinski definition) is 1. The van der Waals surface area contributed by atoms with E-state index in [1.54, 1.807) is 17.6 Å². The number of furan rings is 1. The molecule has 1 atom stereocenters. The molecule has 10 heteroatoms. The first-order valence-corrected chi connectivity index (χ1v) is 9.20. The van der Waals surface area contributed by atoms with Gasteiger partial charge in [-0.25, -0.2) is 0 Å². The lowest BCUT2D eigenvalue weighted by molar-refractivity contribution is -0.137. The molecular formula is C18H17F3N4O2S. The predicted molar refractivity (Wildman–Crippen MR) is 98.2 cm³/mol. The van der Waals surface area contributed by atoms with Gasteiger partial charge in [0.1, 0.15) is 12.3 Å². The second kappa shape index (κ2) is 8.09. The number of carbonyl (C=O) groups is 1. The van der Waals surface area contributed by atoms with Gasteiger partial charge in [0, 0.05) is 5.69 Å². The number of aryl methyl sites for hydroxylation is 1. The van der Waals surface area contributed by atoms with Gasteiger partial charge in [-0.1, -0.05) is 30.0 Å². The second-order valence-corrected chi connectivity index (χ2v) is 7.27. The Morgan fingerprint density at radius 2 is 1.96 bits per heavy atom. The van der Waals surface area contributed by atoms with Crippen LogP contribution in [-0.4, -0.2) is 38.6 Å². The first-order chi connectivity index (χ1) is 13.3. The monoisotopic (exact) mass is 410 g/mol. The second-order valence-electron chi connectivity index (χ2n) is 5.96. The third kappa shape index (κ3) is 4.56. The molecule has 1 N–H and O–H groups in total. The van der Waals surface area contributed by atoms with Crippen LogP contribution in [-0.2, 0) is 4.79 Å². The molecule has 1 aromatic carbocycles. The molecule has 2 aromatic heterocycles. The Morgan fingerprint density at radius 3 is 2.57 bits per heavy atom. The van der Waals surface area contributed by atoms with E-state index in [0.717, 1.165) is 23.0 Å². The Hall–Kier alpha value is -2.75. The molecule has 1 amide bonds. The molecule has 28 heavy (non-hydrogen) atoms. The summed E-state index contributed by atoms with van der Waals surface area (Å²) in [5, 5.41) is 9.84. The van der Waals surface area contributed by atoms with Gasteiger partial charge in [-0.3, -0.25) is 9.36 Å². The summed E-state index contributed by atoms with van der Waals surface area (Å²) in [4.78, 5) is 12.0. The Labute approximate surface area is 163 Å². The number of carbonyl (C=O) groups excluding carboxylic acids is 1. The summed E-state index contributed by atoms with van der Waals surface area (Å²) < 4.78 is 44.1. The normalized spacial score (nSPS) is 12.8. The van der Waals surface area contributed by atoms with Crippen LogP contribution in [0.5, 0.6) is 0 Å². The fraction of sp³-hybridized carbons (Fsp3) is 0.278. The molecule has 0 fully saturated rings. The summed E-state index contributed by atoms with van der Waals surface area (Å²) in [5.74, 6) is 0.436. The van der Waals surface area contributed by atoms with Crippen LogP contribution in [0.15, 0.2) is 52.2 Å². The summed E-state index contributed by atoms with van der Waals surface area (Å²) in [6.45, 7) is 1.93. The van der Waals surface area contributed by atoms with E-state index in [-0.39, 0.29) is 0 Å². The van der Waals surface area contributed by atoms with Crippen molar-refractivity contribution in [3.05, 3.63) is 48.4 Å². The van der Waals surface area contributed by atoms with E-state index in [9.17, 15) is 18.0 Å². The highest BCUT2D eigenvalue weighted by Gasteiger charge is 2.29. The van der Waals surface area contributed by atoms with Crippen molar-refractivity contribution < 1.29 is 22.4 Å². The van der Waals surface area contributed by atoms with Crippen molar-refractivity contribution in [2.45, 2.75) is 30.4 Å². The lowest BCUT2D eigenvalue weighted by Gasteiger charge is -2.14. The average molecular weight is 410 g/mol. The molecule has 1 unspecified atom stereocenters. The highest BCUT2D eigenvalue weighted by atomic mass is 32.2. The molecule has 148 valence electrons. The van der Waals surface area contributed by atoms with Crippen LogP contribution in [0.25, 0.3) is 17.1 Å². The molecule has 2 heterocycles. The first-order valence-electron chi connectivity index (χ1n) is 8.32. The van der Waals surface area contributed by atoms with Crippen LogP contribution in [0.4, 0.5) is 13.2 Å². The number of rotatable bonds is 6. The first kappa shape index (κ1) is 20.0. The van der Waals surface area contributed by atoms with Gasteiger partial charge in [0.25, 0.3) is 0 Å². The number of para-hydroxylation sites is 1. The topological polar surface area (TPSA) is 72.9 Å². The molecule has 0 aliphatic heterocycles. The molecule has 3 aromatic rings. The van der Waals surface area contributed by atoms with Crippen molar-refractivity contribution in [3.8, 4) is 17.1 Å². The number of nitrogens with one attached hydrogen (secondary N) is 1. The number of hydrogen-bond acceptors (Lipinski definition) is 5. The largest absolute Gasteiger partial charge is 0.469 e. The third-order valence-electron chi connectivity index (χ3n) is 3.86. The quantitative estimate of drug-likeness (QED) is 0.622. The molecule has 3 rings (SSSR count). The van der Waals surface area contributed by atoms with Crippen LogP contribution in [0, 0.1) is 6.92 Å². The van der Waals surface area contributed by atoms with Crippen LogP contribution < -0.4 is 5.32 Å². The molecule has 0 spiro atoms. The molecular weight excluding hydrogens is 393 g/mol. The Balaban J connectivity index is 1.90. The minimum absolute atomic E-state index is 0.386. The van der Waals surface area contributed by atoms with Gasteiger partial charge in [0.05, 0.1) is 17.1 Å². The molecule has 6 nitrogen and oxygen atoms in total. The third-order valence-corrected chi connectivity index (χ3v) is 4.90. The Kier molecular flexibility index (Phi) is 5.78. The van der Waals surface area contributed by atoms with E-state index >= 15 is 0 Å². The minimum Gasteiger partial charge on any atom is -0.469 e. The van der Waals surface area contributed by atoms with E-state index in [0.29, 0.717) is 16.7 Å². The van der Waals surface area contributed by atoms with Gasteiger partial charge in [0.15, 0.2) is 11.0 Å². The standard InChI is InChI=1S/C18H17F3N4O2S/c1-11-14(8-9-27-11)15-23-24-17(25(15)13-6-4-3-5-7-13)28-12(2)16(26)22-10-18(19,20)21/h3-9,12H,10H2,1-2H3,(H,22,26). The SMILES string of the molecule is Cc1occc1-c1nnc(SC(C)C(=O)NCC(F)(F)F)n1-c1ccccc1.